The standard InChI is InChI=1S/C23H28N2O5S/c1-29-18-9-11-19(12-10-18)31(27,28)25(21-5-3-4-6-22(21)30-2)15-23(26)24-20-14-16-7-8-17(20)13-16/h3-6,9-12,16-17,20H,7-8,13-15H2,1-2H3,(H,24,26)/t16-,17-,20+/m1/s1. The van der Waals surface area contributed by atoms with E-state index >= 15 is 0 Å². The van der Waals surface area contributed by atoms with Crippen molar-refractivity contribution >= 4 is 21.6 Å². The summed E-state index contributed by atoms with van der Waals surface area (Å²) in [5.41, 5.74) is 0.323. The molecule has 0 unspecified atom stereocenters. The molecular formula is C23H28N2O5S. The van der Waals surface area contributed by atoms with Gasteiger partial charge in [-0.1, -0.05) is 18.6 Å². The first-order valence-electron chi connectivity index (χ1n) is 10.5. The molecule has 166 valence electrons. The van der Waals surface area contributed by atoms with E-state index in [0.29, 0.717) is 29.0 Å². The van der Waals surface area contributed by atoms with Gasteiger partial charge in [0.1, 0.15) is 18.0 Å². The number of benzene rings is 2. The molecule has 2 aromatic carbocycles. The van der Waals surface area contributed by atoms with Crippen molar-refractivity contribution in [3.63, 3.8) is 0 Å². The maximum atomic E-state index is 13.6. The normalized spacial score (nSPS) is 22.2. The van der Waals surface area contributed by atoms with Crippen LogP contribution in [0.1, 0.15) is 25.7 Å². The Kier molecular flexibility index (Phi) is 6.09. The molecule has 2 aliphatic rings. The van der Waals surface area contributed by atoms with E-state index in [0.717, 1.165) is 23.6 Å². The molecule has 0 heterocycles. The van der Waals surface area contributed by atoms with Crippen molar-refractivity contribution in [1.29, 1.82) is 0 Å². The van der Waals surface area contributed by atoms with Gasteiger partial charge in [-0.2, -0.15) is 0 Å². The number of para-hydroxylation sites is 2. The summed E-state index contributed by atoms with van der Waals surface area (Å²) in [7, 11) is -1.02. The van der Waals surface area contributed by atoms with Crippen LogP contribution in [0.15, 0.2) is 53.4 Å². The van der Waals surface area contributed by atoms with E-state index in [1.165, 1.54) is 32.8 Å². The highest BCUT2D eigenvalue weighted by atomic mass is 32.2. The lowest BCUT2D eigenvalue weighted by Gasteiger charge is -2.28. The van der Waals surface area contributed by atoms with Gasteiger partial charge in [0.05, 0.1) is 24.8 Å². The molecule has 2 aliphatic carbocycles. The molecule has 2 bridgehead atoms. The summed E-state index contributed by atoms with van der Waals surface area (Å²) in [5.74, 6) is 1.82. The van der Waals surface area contributed by atoms with Gasteiger partial charge in [-0.05, 0) is 67.5 Å². The Morgan fingerprint density at radius 1 is 1.03 bits per heavy atom. The van der Waals surface area contributed by atoms with Crippen LogP contribution in [-0.2, 0) is 14.8 Å². The number of sulfonamides is 1. The molecule has 1 amide bonds. The summed E-state index contributed by atoms with van der Waals surface area (Å²) in [6.45, 7) is -0.317. The fourth-order valence-corrected chi connectivity index (χ4v) is 6.25. The van der Waals surface area contributed by atoms with Crippen LogP contribution in [0.3, 0.4) is 0 Å². The Bertz CT molecular complexity index is 1040. The van der Waals surface area contributed by atoms with Crippen molar-refractivity contribution in [1.82, 2.24) is 5.32 Å². The smallest absolute Gasteiger partial charge is 0.264 e. The zero-order valence-corrected chi connectivity index (χ0v) is 18.6. The van der Waals surface area contributed by atoms with E-state index in [9.17, 15) is 13.2 Å². The summed E-state index contributed by atoms with van der Waals surface area (Å²) in [6.07, 6.45) is 4.51. The van der Waals surface area contributed by atoms with Crippen LogP contribution in [0.5, 0.6) is 11.5 Å². The molecule has 2 fully saturated rings. The maximum absolute atomic E-state index is 13.6. The number of carbonyl (C=O) groups is 1. The molecule has 2 aromatic rings. The molecule has 0 aliphatic heterocycles. The molecule has 0 radical (unpaired) electrons. The minimum Gasteiger partial charge on any atom is -0.497 e. The van der Waals surface area contributed by atoms with Crippen molar-refractivity contribution in [2.75, 3.05) is 25.1 Å². The van der Waals surface area contributed by atoms with Gasteiger partial charge >= 0.3 is 0 Å². The van der Waals surface area contributed by atoms with Crippen LogP contribution in [0, 0.1) is 11.8 Å². The van der Waals surface area contributed by atoms with Gasteiger partial charge in [0, 0.05) is 6.04 Å². The van der Waals surface area contributed by atoms with E-state index in [1.54, 1.807) is 36.4 Å². The fraction of sp³-hybridized carbons (Fsp3) is 0.435. The van der Waals surface area contributed by atoms with Crippen LogP contribution >= 0.6 is 0 Å². The Morgan fingerprint density at radius 2 is 1.77 bits per heavy atom. The molecule has 31 heavy (non-hydrogen) atoms. The number of amides is 1. The minimum atomic E-state index is -4.01. The highest BCUT2D eigenvalue weighted by Crippen LogP contribution is 2.44. The first-order chi connectivity index (χ1) is 14.9. The first-order valence-corrected chi connectivity index (χ1v) is 12.0. The SMILES string of the molecule is COc1ccc(S(=O)(=O)N(CC(=O)N[C@H]2C[C@@H]3CC[C@@H]2C3)c2ccccc2OC)cc1. The summed E-state index contributed by atoms with van der Waals surface area (Å²) < 4.78 is 38.7. The van der Waals surface area contributed by atoms with Crippen molar-refractivity contribution in [3.8, 4) is 11.5 Å². The van der Waals surface area contributed by atoms with Crippen molar-refractivity contribution in [2.45, 2.75) is 36.6 Å². The van der Waals surface area contributed by atoms with Gasteiger partial charge in [-0.3, -0.25) is 9.10 Å². The molecule has 1 N–H and O–H groups in total. The van der Waals surface area contributed by atoms with Crippen LogP contribution in [0.25, 0.3) is 0 Å². The highest BCUT2D eigenvalue weighted by molar-refractivity contribution is 7.92. The van der Waals surface area contributed by atoms with E-state index in [4.69, 9.17) is 9.47 Å². The van der Waals surface area contributed by atoms with Crippen LogP contribution in [0.4, 0.5) is 5.69 Å². The van der Waals surface area contributed by atoms with E-state index in [2.05, 4.69) is 5.32 Å². The number of rotatable bonds is 8. The van der Waals surface area contributed by atoms with Crippen molar-refractivity contribution in [2.24, 2.45) is 11.8 Å². The molecule has 0 aromatic heterocycles. The van der Waals surface area contributed by atoms with E-state index in [-0.39, 0.29) is 23.4 Å². The molecular weight excluding hydrogens is 416 g/mol. The van der Waals surface area contributed by atoms with Gasteiger partial charge in [0.15, 0.2) is 0 Å². The number of nitrogens with zero attached hydrogens (tertiary/aromatic N) is 1. The lowest BCUT2D eigenvalue weighted by atomic mass is 9.95. The van der Waals surface area contributed by atoms with Gasteiger partial charge in [0.2, 0.25) is 5.91 Å². The van der Waals surface area contributed by atoms with E-state index < -0.39 is 10.0 Å². The highest BCUT2D eigenvalue weighted by Gasteiger charge is 2.40. The minimum absolute atomic E-state index is 0.0759. The van der Waals surface area contributed by atoms with Gasteiger partial charge in [-0.15, -0.1) is 0 Å². The topological polar surface area (TPSA) is 84.9 Å². The zero-order valence-electron chi connectivity index (χ0n) is 17.8. The van der Waals surface area contributed by atoms with Gasteiger partial charge in [-0.25, -0.2) is 8.42 Å². The molecule has 4 rings (SSSR count). The number of hydrogen-bond acceptors (Lipinski definition) is 5. The predicted molar refractivity (Wildman–Crippen MR) is 118 cm³/mol. The van der Waals surface area contributed by atoms with E-state index in [1.807, 2.05) is 0 Å². The van der Waals surface area contributed by atoms with Crippen LogP contribution in [-0.4, -0.2) is 41.1 Å². The third kappa shape index (κ3) is 4.35. The summed E-state index contributed by atoms with van der Waals surface area (Å²) in [5, 5.41) is 3.08. The van der Waals surface area contributed by atoms with Crippen molar-refractivity contribution in [3.05, 3.63) is 48.5 Å². The number of nitrogens with one attached hydrogen (secondary N) is 1. The maximum Gasteiger partial charge on any atom is 0.264 e. The van der Waals surface area contributed by atoms with Crippen LogP contribution < -0.4 is 19.1 Å². The molecule has 7 nitrogen and oxygen atoms in total. The predicted octanol–water partition coefficient (Wildman–Crippen LogP) is 3.20. The molecule has 2 saturated carbocycles. The average molecular weight is 445 g/mol. The second-order valence-corrected chi connectivity index (χ2v) is 10.1. The number of fused-ring (bicyclic) bond motifs is 2. The Balaban J connectivity index is 1.63. The lowest BCUT2D eigenvalue weighted by Crippen LogP contribution is -2.46. The number of methoxy groups -OCH3 is 2. The molecule has 8 heteroatoms. The Morgan fingerprint density at radius 3 is 2.39 bits per heavy atom. The molecule has 3 atom stereocenters. The summed E-state index contributed by atoms with van der Waals surface area (Å²) in [4.78, 5) is 13.0. The number of hydrogen-bond donors (Lipinski definition) is 1. The summed E-state index contributed by atoms with van der Waals surface area (Å²) >= 11 is 0. The summed E-state index contributed by atoms with van der Waals surface area (Å²) in [6, 6.07) is 13.1. The molecule has 0 saturated heterocycles. The second kappa shape index (κ2) is 8.78. The lowest BCUT2D eigenvalue weighted by molar-refractivity contribution is -0.120. The quantitative estimate of drug-likeness (QED) is 0.676. The Labute approximate surface area is 183 Å². The van der Waals surface area contributed by atoms with Crippen LogP contribution in [0.2, 0.25) is 0 Å². The molecule has 0 spiro atoms. The van der Waals surface area contributed by atoms with Crippen molar-refractivity contribution < 1.29 is 22.7 Å². The number of carbonyl (C=O) groups excluding carboxylic acids is 1. The van der Waals surface area contributed by atoms with Gasteiger partial charge < -0.3 is 14.8 Å². The zero-order chi connectivity index (χ0) is 22.0. The monoisotopic (exact) mass is 444 g/mol. The largest absolute Gasteiger partial charge is 0.497 e. The van der Waals surface area contributed by atoms with Gasteiger partial charge in [0.25, 0.3) is 10.0 Å². The number of anilines is 1. The fourth-order valence-electron chi connectivity index (χ4n) is 4.81. The average Bonchev–Trinajstić information content (AvgIpc) is 3.40. The third-order valence-electron chi connectivity index (χ3n) is 6.37. The second-order valence-electron chi connectivity index (χ2n) is 8.21. The Hall–Kier alpha value is -2.74. The third-order valence-corrected chi connectivity index (χ3v) is 8.15. The number of ether oxygens (including phenoxy) is 2. The first kappa shape index (κ1) is 21.5.